The smallest absolute Gasteiger partial charge is 0.264 e. The summed E-state index contributed by atoms with van der Waals surface area (Å²) >= 11 is 5.96. The number of nitrogens with zero attached hydrogens (tertiary/aromatic N) is 3. The minimum absolute atomic E-state index is 0.127. The van der Waals surface area contributed by atoms with E-state index in [9.17, 15) is 10.1 Å². The van der Waals surface area contributed by atoms with E-state index in [-0.39, 0.29) is 11.5 Å². The molecule has 3 aromatic carbocycles. The summed E-state index contributed by atoms with van der Waals surface area (Å²) in [6.07, 6.45) is 4.07. The molecule has 5 nitrogen and oxygen atoms in total. The number of ether oxygens (including phenoxy) is 1. The lowest BCUT2D eigenvalue weighted by Crippen LogP contribution is -2.49. The van der Waals surface area contributed by atoms with Crippen molar-refractivity contribution in [1.29, 1.82) is 5.26 Å². The Morgan fingerprint density at radius 3 is 2.42 bits per heavy atom. The molecule has 0 unspecified atom stereocenters. The minimum Gasteiger partial charge on any atom is -0.489 e. The topological polar surface area (TPSA) is 56.6 Å². The first-order valence-corrected chi connectivity index (χ1v) is 12.3. The van der Waals surface area contributed by atoms with E-state index in [2.05, 4.69) is 29.7 Å². The molecule has 0 bridgehead atoms. The highest BCUT2D eigenvalue weighted by molar-refractivity contribution is 6.30. The van der Waals surface area contributed by atoms with E-state index in [1.165, 1.54) is 0 Å². The SMILES string of the molecule is C=CCc1cc(/C=C(/C#N)C(=O)N2CCN(c3ccccc3)CC2)ccc1OCc1ccc(Cl)cc1. The van der Waals surface area contributed by atoms with Crippen LogP contribution in [0.3, 0.4) is 0 Å². The number of carbonyl (C=O) groups excluding carboxylic acids is 1. The van der Waals surface area contributed by atoms with Crippen LogP contribution in [0.25, 0.3) is 6.08 Å². The molecule has 0 aromatic heterocycles. The van der Waals surface area contributed by atoms with E-state index in [1.807, 2.05) is 60.7 Å². The number of nitriles is 1. The average molecular weight is 498 g/mol. The largest absolute Gasteiger partial charge is 0.489 e. The van der Waals surface area contributed by atoms with Crippen molar-refractivity contribution in [2.45, 2.75) is 13.0 Å². The molecule has 4 rings (SSSR count). The standard InChI is InChI=1S/C30H28ClN3O2/c1-2-6-25-19-24(11-14-29(25)36-22-23-9-12-27(31)13-10-23)20-26(21-32)30(35)34-17-15-33(16-18-34)28-7-4-3-5-8-28/h2-5,7-14,19-20H,1,6,15-18,22H2/b26-20-. The highest BCUT2D eigenvalue weighted by Gasteiger charge is 2.24. The number of allylic oxidation sites excluding steroid dienone is 1. The van der Waals surface area contributed by atoms with Gasteiger partial charge in [0.05, 0.1) is 0 Å². The summed E-state index contributed by atoms with van der Waals surface area (Å²) in [7, 11) is 0. The molecule has 0 aliphatic carbocycles. The summed E-state index contributed by atoms with van der Waals surface area (Å²) in [4.78, 5) is 17.1. The number of hydrogen-bond donors (Lipinski definition) is 0. The summed E-state index contributed by atoms with van der Waals surface area (Å²) in [5.74, 6) is 0.502. The maximum Gasteiger partial charge on any atom is 0.264 e. The first-order chi connectivity index (χ1) is 17.6. The molecule has 1 amide bonds. The molecule has 0 spiro atoms. The second-order valence-corrected chi connectivity index (χ2v) is 9.00. The Morgan fingerprint density at radius 2 is 1.75 bits per heavy atom. The van der Waals surface area contributed by atoms with E-state index in [1.54, 1.807) is 17.1 Å². The van der Waals surface area contributed by atoms with Gasteiger partial charge < -0.3 is 14.5 Å². The lowest BCUT2D eigenvalue weighted by Gasteiger charge is -2.36. The second kappa shape index (κ2) is 12.1. The molecule has 3 aromatic rings. The number of para-hydroxylation sites is 1. The van der Waals surface area contributed by atoms with Gasteiger partial charge in [0.15, 0.2) is 0 Å². The van der Waals surface area contributed by atoms with Crippen LogP contribution < -0.4 is 9.64 Å². The number of rotatable bonds is 8. The zero-order valence-electron chi connectivity index (χ0n) is 20.1. The molecule has 0 atom stereocenters. The van der Waals surface area contributed by atoms with Gasteiger partial charge >= 0.3 is 0 Å². The van der Waals surface area contributed by atoms with E-state index in [0.29, 0.717) is 31.1 Å². The maximum atomic E-state index is 13.1. The van der Waals surface area contributed by atoms with E-state index >= 15 is 0 Å². The predicted molar refractivity (Wildman–Crippen MR) is 145 cm³/mol. The Labute approximate surface area is 217 Å². The summed E-state index contributed by atoms with van der Waals surface area (Å²) in [5, 5.41) is 10.4. The van der Waals surface area contributed by atoms with E-state index in [4.69, 9.17) is 16.3 Å². The maximum absolute atomic E-state index is 13.1. The number of anilines is 1. The number of halogens is 1. The highest BCUT2D eigenvalue weighted by Crippen LogP contribution is 2.25. The van der Waals surface area contributed by atoms with Crippen molar-refractivity contribution >= 4 is 29.3 Å². The monoisotopic (exact) mass is 497 g/mol. The minimum atomic E-state index is -0.237. The van der Waals surface area contributed by atoms with Gasteiger partial charge in [-0.25, -0.2) is 0 Å². The fraction of sp³-hybridized carbons (Fsp3) is 0.200. The van der Waals surface area contributed by atoms with Crippen molar-refractivity contribution in [1.82, 2.24) is 4.90 Å². The van der Waals surface area contributed by atoms with Gasteiger partial charge in [-0.1, -0.05) is 54.1 Å². The number of benzene rings is 3. The fourth-order valence-electron chi connectivity index (χ4n) is 4.17. The van der Waals surface area contributed by atoms with Crippen LogP contribution in [0, 0.1) is 11.3 Å². The van der Waals surface area contributed by atoms with Gasteiger partial charge in [0.1, 0.15) is 24.0 Å². The van der Waals surface area contributed by atoms with Crippen LogP contribution in [0.4, 0.5) is 5.69 Å². The highest BCUT2D eigenvalue weighted by atomic mass is 35.5. The van der Waals surface area contributed by atoms with Crippen LogP contribution in [-0.4, -0.2) is 37.0 Å². The summed E-state index contributed by atoms with van der Waals surface area (Å²) < 4.78 is 6.03. The third-order valence-electron chi connectivity index (χ3n) is 6.11. The van der Waals surface area contributed by atoms with Crippen molar-refractivity contribution in [2.24, 2.45) is 0 Å². The van der Waals surface area contributed by atoms with Crippen LogP contribution in [0.1, 0.15) is 16.7 Å². The molecule has 1 heterocycles. The third-order valence-corrected chi connectivity index (χ3v) is 6.36. The molecule has 0 saturated carbocycles. The zero-order valence-corrected chi connectivity index (χ0v) is 20.8. The summed E-state index contributed by atoms with van der Waals surface area (Å²) in [5.41, 5.74) is 4.00. The molecule has 182 valence electrons. The van der Waals surface area contributed by atoms with Crippen molar-refractivity contribution in [3.63, 3.8) is 0 Å². The summed E-state index contributed by atoms with van der Waals surface area (Å²) in [6, 6.07) is 25.5. The van der Waals surface area contributed by atoms with Crippen LogP contribution in [0.15, 0.2) is 91.0 Å². The van der Waals surface area contributed by atoms with Gasteiger partial charge in [-0.3, -0.25) is 4.79 Å². The third kappa shape index (κ3) is 6.35. The number of piperazine rings is 1. The molecular weight excluding hydrogens is 470 g/mol. The molecular formula is C30H28ClN3O2. The van der Waals surface area contributed by atoms with Crippen molar-refractivity contribution in [3.05, 3.63) is 113 Å². The van der Waals surface area contributed by atoms with Crippen molar-refractivity contribution in [2.75, 3.05) is 31.1 Å². The Hall–Kier alpha value is -4.01. The van der Waals surface area contributed by atoms with Crippen molar-refractivity contribution in [3.8, 4) is 11.8 Å². The Balaban J connectivity index is 1.44. The summed E-state index contributed by atoms with van der Waals surface area (Å²) in [6.45, 7) is 6.87. The molecule has 0 N–H and O–H groups in total. The van der Waals surface area contributed by atoms with E-state index < -0.39 is 0 Å². The first-order valence-electron chi connectivity index (χ1n) is 11.9. The lowest BCUT2D eigenvalue weighted by molar-refractivity contribution is -0.126. The number of carbonyl (C=O) groups is 1. The Morgan fingerprint density at radius 1 is 1.03 bits per heavy atom. The second-order valence-electron chi connectivity index (χ2n) is 8.56. The fourth-order valence-corrected chi connectivity index (χ4v) is 4.30. The molecule has 1 aliphatic rings. The first kappa shape index (κ1) is 25.1. The molecule has 1 fully saturated rings. The van der Waals surface area contributed by atoms with Crippen LogP contribution >= 0.6 is 11.6 Å². The Kier molecular flexibility index (Phi) is 8.44. The number of amides is 1. The predicted octanol–water partition coefficient (Wildman–Crippen LogP) is 5.90. The average Bonchev–Trinajstić information content (AvgIpc) is 2.92. The van der Waals surface area contributed by atoms with E-state index in [0.717, 1.165) is 41.2 Å². The van der Waals surface area contributed by atoms with Crippen LogP contribution in [-0.2, 0) is 17.8 Å². The molecule has 6 heteroatoms. The van der Waals surface area contributed by atoms with Gasteiger partial charge in [-0.2, -0.15) is 5.26 Å². The van der Waals surface area contributed by atoms with Gasteiger partial charge in [0, 0.05) is 36.9 Å². The quantitative estimate of drug-likeness (QED) is 0.221. The normalized spacial score (nSPS) is 13.7. The van der Waals surface area contributed by atoms with Gasteiger partial charge in [0.25, 0.3) is 5.91 Å². The van der Waals surface area contributed by atoms with Gasteiger partial charge in [-0.05, 0) is 65.6 Å². The van der Waals surface area contributed by atoms with Crippen LogP contribution in [0.2, 0.25) is 5.02 Å². The zero-order chi connectivity index (χ0) is 25.3. The molecule has 1 aliphatic heterocycles. The molecule has 0 radical (unpaired) electrons. The van der Waals surface area contributed by atoms with Gasteiger partial charge in [0.2, 0.25) is 0 Å². The van der Waals surface area contributed by atoms with Crippen LogP contribution in [0.5, 0.6) is 5.75 Å². The Bertz CT molecular complexity index is 1270. The van der Waals surface area contributed by atoms with Crippen molar-refractivity contribution < 1.29 is 9.53 Å². The lowest BCUT2D eigenvalue weighted by atomic mass is 10.0. The molecule has 36 heavy (non-hydrogen) atoms. The molecule has 1 saturated heterocycles. The van der Waals surface area contributed by atoms with Gasteiger partial charge in [-0.15, -0.1) is 6.58 Å². The number of hydrogen-bond acceptors (Lipinski definition) is 4.